The molecule has 0 aromatic rings. The molecule has 1 aliphatic rings. The Morgan fingerprint density at radius 3 is 2.73 bits per heavy atom. The van der Waals surface area contributed by atoms with Gasteiger partial charge < -0.3 is 15.3 Å². The molecular weight excluding hydrogens is 188 g/mol. The van der Waals surface area contributed by atoms with Crippen LogP contribution in [0.1, 0.15) is 32.6 Å². The van der Waals surface area contributed by atoms with Crippen molar-refractivity contribution >= 4 is 0 Å². The third-order valence-electron chi connectivity index (χ3n) is 3.77. The molecule has 0 radical (unpaired) electrons. The van der Waals surface area contributed by atoms with E-state index in [-0.39, 0.29) is 5.54 Å². The molecule has 2 atom stereocenters. The summed E-state index contributed by atoms with van der Waals surface area (Å²) in [6.45, 7) is 4.54. The number of hydrogen-bond acceptors (Lipinski definition) is 3. The van der Waals surface area contributed by atoms with Crippen LogP contribution >= 0.6 is 0 Å². The van der Waals surface area contributed by atoms with Gasteiger partial charge in [0.2, 0.25) is 0 Å². The van der Waals surface area contributed by atoms with E-state index in [1.54, 1.807) is 0 Å². The summed E-state index contributed by atoms with van der Waals surface area (Å²) in [4.78, 5) is 2.17. The first-order valence-electron chi connectivity index (χ1n) is 6.15. The number of hydrogen-bond donors (Lipinski definition) is 2. The molecule has 1 rings (SSSR count). The van der Waals surface area contributed by atoms with Crippen molar-refractivity contribution in [2.45, 2.75) is 38.1 Å². The highest BCUT2D eigenvalue weighted by atomic mass is 16.3. The van der Waals surface area contributed by atoms with Crippen molar-refractivity contribution in [2.75, 3.05) is 33.8 Å². The van der Waals surface area contributed by atoms with Crippen molar-refractivity contribution in [1.82, 2.24) is 10.2 Å². The van der Waals surface area contributed by atoms with E-state index < -0.39 is 0 Å². The second-order valence-electron chi connectivity index (χ2n) is 5.04. The van der Waals surface area contributed by atoms with Gasteiger partial charge in [0, 0.05) is 18.6 Å². The van der Waals surface area contributed by atoms with Gasteiger partial charge in [-0.1, -0.05) is 19.8 Å². The van der Waals surface area contributed by atoms with Gasteiger partial charge in [0.1, 0.15) is 0 Å². The van der Waals surface area contributed by atoms with E-state index >= 15 is 0 Å². The second-order valence-corrected chi connectivity index (χ2v) is 5.04. The van der Waals surface area contributed by atoms with Crippen LogP contribution in [0.2, 0.25) is 0 Å². The molecule has 0 saturated heterocycles. The maximum Gasteiger partial charge on any atom is 0.0616 e. The predicted molar refractivity (Wildman–Crippen MR) is 64.0 cm³/mol. The summed E-state index contributed by atoms with van der Waals surface area (Å²) in [5.41, 5.74) is 0.0186. The van der Waals surface area contributed by atoms with Gasteiger partial charge in [-0.3, -0.25) is 0 Å². The molecule has 0 aromatic carbocycles. The Kier molecular flexibility index (Phi) is 5.03. The summed E-state index contributed by atoms with van der Waals surface area (Å²) in [6.07, 6.45) is 4.84. The van der Waals surface area contributed by atoms with Crippen LogP contribution in [0.3, 0.4) is 0 Å². The van der Waals surface area contributed by atoms with E-state index in [0.717, 1.165) is 19.5 Å². The van der Waals surface area contributed by atoms with Crippen LogP contribution in [0, 0.1) is 5.92 Å². The molecule has 3 heteroatoms. The molecular formula is C12H26N2O. The second kappa shape index (κ2) is 5.83. The first-order valence-corrected chi connectivity index (χ1v) is 6.15. The van der Waals surface area contributed by atoms with Crippen LogP contribution in [0.25, 0.3) is 0 Å². The highest BCUT2D eigenvalue weighted by molar-refractivity contribution is 4.98. The molecule has 0 amide bonds. The summed E-state index contributed by atoms with van der Waals surface area (Å²) < 4.78 is 0. The van der Waals surface area contributed by atoms with E-state index in [4.69, 9.17) is 0 Å². The maximum atomic E-state index is 9.61. The Morgan fingerprint density at radius 1 is 1.47 bits per heavy atom. The zero-order chi connectivity index (χ0) is 11.3. The molecule has 0 aliphatic heterocycles. The van der Waals surface area contributed by atoms with Crippen molar-refractivity contribution in [3.8, 4) is 0 Å². The van der Waals surface area contributed by atoms with Crippen LogP contribution in [0.4, 0.5) is 0 Å². The lowest BCUT2D eigenvalue weighted by Gasteiger charge is -2.35. The maximum absolute atomic E-state index is 9.61. The first kappa shape index (κ1) is 12.9. The third kappa shape index (κ3) is 3.16. The van der Waals surface area contributed by atoms with Gasteiger partial charge in [0.25, 0.3) is 0 Å². The van der Waals surface area contributed by atoms with Gasteiger partial charge in [-0.15, -0.1) is 0 Å². The Bertz CT molecular complexity index is 184. The smallest absolute Gasteiger partial charge is 0.0616 e. The summed E-state index contributed by atoms with van der Waals surface area (Å²) in [5.74, 6) is 0.657. The fourth-order valence-electron chi connectivity index (χ4n) is 2.76. The lowest BCUT2D eigenvalue weighted by atomic mass is 9.86. The number of likely N-dealkylation sites (N-methyl/N-ethyl adjacent to an activating group) is 1. The topological polar surface area (TPSA) is 35.5 Å². The standard InChI is InChI=1S/C12H26N2O/c1-4-11-6-5-7-12(11,10-15)13-8-9-14(2)3/h11,13,15H,4-10H2,1-3H3. The highest BCUT2D eigenvalue weighted by Crippen LogP contribution is 2.37. The summed E-state index contributed by atoms with van der Waals surface area (Å²) >= 11 is 0. The van der Waals surface area contributed by atoms with Crippen molar-refractivity contribution < 1.29 is 5.11 Å². The molecule has 1 saturated carbocycles. The Balaban J connectivity index is 2.45. The van der Waals surface area contributed by atoms with Crippen molar-refractivity contribution in [1.29, 1.82) is 0 Å². The summed E-state index contributed by atoms with van der Waals surface area (Å²) in [6, 6.07) is 0. The molecule has 0 heterocycles. The molecule has 1 aliphatic carbocycles. The van der Waals surface area contributed by atoms with E-state index in [2.05, 4.69) is 31.2 Å². The highest BCUT2D eigenvalue weighted by Gasteiger charge is 2.40. The zero-order valence-corrected chi connectivity index (χ0v) is 10.4. The SMILES string of the molecule is CCC1CCCC1(CO)NCCN(C)C. The Labute approximate surface area is 93.9 Å². The molecule has 90 valence electrons. The van der Waals surface area contributed by atoms with Crippen molar-refractivity contribution in [2.24, 2.45) is 5.92 Å². The fraction of sp³-hybridized carbons (Fsp3) is 1.00. The van der Waals surface area contributed by atoms with Crippen LogP contribution in [0.5, 0.6) is 0 Å². The summed E-state index contributed by atoms with van der Waals surface area (Å²) in [7, 11) is 4.17. The number of aliphatic hydroxyl groups is 1. The van der Waals surface area contributed by atoms with Gasteiger partial charge in [0.15, 0.2) is 0 Å². The quantitative estimate of drug-likeness (QED) is 0.694. The van der Waals surface area contributed by atoms with Gasteiger partial charge in [0.05, 0.1) is 6.61 Å². The van der Waals surface area contributed by atoms with Crippen molar-refractivity contribution in [3.63, 3.8) is 0 Å². The number of nitrogens with one attached hydrogen (secondary N) is 1. The minimum absolute atomic E-state index is 0.0186. The Morgan fingerprint density at radius 2 is 2.20 bits per heavy atom. The monoisotopic (exact) mass is 214 g/mol. The summed E-state index contributed by atoms with van der Waals surface area (Å²) in [5, 5.41) is 13.2. The zero-order valence-electron chi connectivity index (χ0n) is 10.4. The van der Waals surface area contributed by atoms with Crippen LogP contribution in [0.15, 0.2) is 0 Å². The minimum atomic E-state index is 0.0186. The van der Waals surface area contributed by atoms with E-state index in [9.17, 15) is 5.11 Å². The third-order valence-corrected chi connectivity index (χ3v) is 3.77. The molecule has 1 fully saturated rings. The van der Waals surface area contributed by atoms with Crippen LogP contribution in [-0.2, 0) is 0 Å². The number of aliphatic hydroxyl groups excluding tert-OH is 1. The van der Waals surface area contributed by atoms with Gasteiger partial charge >= 0.3 is 0 Å². The number of nitrogens with zero attached hydrogens (tertiary/aromatic N) is 1. The first-order chi connectivity index (χ1) is 7.14. The molecule has 0 bridgehead atoms. The molecule has 3 nitrogen and oxygen atoms in total. The lowest BCUT2D eigenvalue weighted by Crippen LogP contribution is -2.52. The fourth-order valence-corrected chi connectivity index (χ4v) is 2.76. The van der Waals surface area contributed by atoms with Gasteiger partial charge in [-0.25, -0.2) is 0 Å². The molecule has 2 unspecified atom stereocenters. The minimum Gasteiger partial charge on any atom is -0.394 e. The van der Waals surface area contributed by atoms with Crippen molar-refractivity contribution in [3.05, 3.63) is 0 Å². The van der Waals surface area contributed by atoms with E-state index in [0.29, 0.717) is 12.5 Å². The van der Waals surface area contributed by atoms with E-state index in [1.807, 2.05) is 0 Å². The predicted octanol–water partition coefficient (Wildman–Crippen LogP) is 1.08. The van der Waals surface area contributed by atoms with Crippen LogP contribution in [-0.4, -0.2) is 49.3 Å². The normalized spacial score (nSPS) is 31.4. The molecule has 0 spiro atoms. The Hall–Kier alpha value is -0.120. The van der Waals surface area contributed by atoms with Gasteiger partial charge in [-0.2, -0.15) is 0 Å². The number of rotatable bonds is 6. The largest absolute Gasteiger partial charge is 0.394 e. The lowest BCUT2D eigenvalue weighted by molar-refractivity contribution is 0.119. The van der Waals surface area contributed by atoms with Gasteiger partial charge in [-0.05, 0) is 32.9 Å². The molecule has 0 aromatic heterocycles. The molecule has 2 N–H and O–H groups in total. The van der Waals surface area contributed by atoms with E-state index in [1.165, 1.54) is 19.3 Å². The molecule has 15 heavy (non-hydrogen) atoms. The van der Waals surface area contributed by atoms with Crippen LogP contribution < -0.4 is 5.32 Å². The average molecular weight is 214 g/mol. The average Bonchev–Trinajstić information content (AvgIpc) is 2.61.